The fourth-order valence-corrected chi connectivity index (χ4v) is 7.40. The van der Waals surface area contributed by atoms with E-state index in [4.69, 9.17) is 0 Å². The molecule has 0 aliphatic heterocycles. The van der Waals surface area contributed by atoms with E-state index in [9.17, 15) is 20.1 Å². The fourth-order valence-electron chi connectivity index (χ4n) is 7.40. The largest absolute Gasteiger partial charge is 0.394 e. The summed E-state index contributed by atoms with van der Waals surface area (Å²) in [4.78, 5) is 12.4. The number of unbranched alkanes of at least 4 members (excludes halogenated alkanes) is 34. The lowest BCUT2D eigenvalue weighted by Gasteiger charge is -2.26. The first-order valence-electron chi connectivity index (χ1n) is 22.8. The molecular formula is C45H91NO4. The number of nitrogens with one attached hydrogen (secondary N) is 1. The zero-order valence-corrected chi connectivity index (χ0v) is 34.1. The second-order valence-corrected chi connectivity index (χ2v) is 16.0. The highest BCUT2D eigenvalue weighted by atomic mass is 16.3. The predicted molar refractivity (Wildman–Crippen MR) is 218 cm³/mol. The van der Waals surface area contributed by atoms with E-state index in [1.54, 1.807) is 0 Å². The zero-order chi connectivity index (χ0) is 36.6. The third-order valence-corrected chi connectivity index (χ3v) is 11.0. The molecule has 0 fully saturated rings. The van der Waals surface area contributed by atoms with Crippen molar-refractivity contribution in [3.8, 4) is 0 Å². The highest BCUT2D eigenvalue weighted by Crippen LogP contribution is 2.17. The lowest BCUT2D eigenvalue weighted by Crippen LogP contribution is -2.50. The molecule has 3 unspecified atom stereocenters. The number of hydrogen-bond acceptors (Lipinski definition) is 4. The molecule has 300 valence electrons. The molecule has 0 aliphatic carbocycles. The quantitative estimate of drug-likeness (QED) is 0.0475. The van der Waals surface area contributed by atoms with Crippen LogP contribution in [0.25, 0.3) is 0 Å². The minimum atomic E-state index is -1.13. The van der Waals surface area contributed by atoms with E-state index in [-0.39, 0.29) is 12.5 Å². The number of amides is 1. The van der Waals surface area contributed by atoms with Gasteiger partial charge in [-0.15, -0.1) is 0 Å². The van der Waals surface area contributed by atoms with E-state index in [1.165, 1.54) is 199 Å². The van der Waals surface area contributed by atoms with Crippen LogP contribution in [0.15, 0.2) is 0 Å². The maximum Gasteiger partial charge on any atom is 0.220 e. The molecule has 0 saturated carbocycles. The molecule has 5 nitrogen and oxygen atoms in total. The van der Waals surface area contributed by atoms with Crippen LogP contribution in [0.1, 0.15) is 258 Å². The summed E-state index contributed by atoms with van der Waals surface area (Å²) >= 11 is 0. The number of hydrogen-bond donors (Lipinski definition) is 4. The molecule has 0 bridgehead atoms. The van der Waals surface area contributed by atoms with Crippen molar-refractivity contribution in [3.05, 3.63) is 0 Å². The Kier molecular flexibility index (Phi) is 40.6. The summed E-state index contributed by atoms with van der Waals surface area (Å²) in [6.07, 6.45) is 46.4. The molecule has 0 aromatic carbocycles. The highest BCUT2D eigenvalue weighted by molar-refractivity contribution is 5.76. The molecule has 50 heavy (non-hydrogen) atoms. The molecular weight excluding hydrogens is 618 g/mol. The molecule has 0 heterocycles. The molecule has 5 heteroatoms. The number of rotatable bonds is 42. The summed E-state index contributed by atoms with van der Waals surface area (Å²) in [6, 6.07) is -0.802. The van der Waals surface area contributed by atoms with Crippen molar-refractivity contribution in [2.75, 3.05) is 6.61 Å². The van der Waals surface area contributed by atoms with Crippen molar-refractivity contribution in [2.24, 2.45) is 0 Å². The van der Waals surface area contributed by atoms with Crippen LogP contribution < -0.4 is 5.32 Å². The molecule has 0 aromatic heterocycles. The summed E-state index contributed by atoms with van der Waals surface area (Å²) < 4.78 is 0. The van der Waals surface area contributed by atoms with Crippen LogP contribution in [0.2, 0.25) is 0 Å². The second-order valence-electron chi connectivity index (χ2n) is 16.0. The Hall–Kier alpha value is -0.650. The van der Waals surface area contributed by atoms with Gasteiger partial charge in [0.15, 0.2) is 0 Å². The smallest absolute Gasteiger partial charge is 0.220 e. The van der Waals surface area contributed by atoms with Crippen LogP contribution in [-0.2, 0) is 4.79 Å². The monoisotopic (exact) mass is 710 g/mol. The molecule has 3 atom stereocenters. The third kappa shape index (κ3) is 35.7. The Morgan fingerprint density at radius 1 is 0.420 bits per heavy atom. The lowest BCUT2D eigenvalue weighted by atomic mass is 9.99. The van der Waals surface area contributed by atoms with Gasteiger partial charge in [0.2, 0.25) is 5.91 Å². The minimum absolute atomic E-state index is 0.139. The van der Waals surface area contributed by atoms with Crippen LogP contribution >= 0.6 is 0 Å². The number of carbonyl (C=O) groups is 1. The van der Waals surface area contributed by atoms with Crippen molar-refractivity contribution >= 4 is 5.91 Å². The Labute approximate surface area is 313 Å². The van der Waals surface area contributed by atoms with E-state index in [1.807, 2.05) is 0 Å². The van der Waals surface area contributed by atoms with Gasteiger partial charge in [-0.1, -0.05) is 239 Å². The molecule has 0 saturated heterocycles. The van der Waals surface area contributed by atoms with Gasteiger partial charge in [0.05, 0.1) is 18.8 Å². The predicted octanol–water partition coefficient (Wildman–Crippen LogP) is 13.0. The Morgan fingerprint density at radius 3 is 0.960 bits per heavy atom. The molecule has 1 amide bonds. The van der Waals surface area contributed by atoms with E-state index >= 15 is 0 Å². The lowest BCUT2D eigenvalue weighted by molar-refractivity contribution is -0.124. The summed E-state index contributed by atoms with van der Waals surface area (Å²) in [5.41, 5.74) is 0. The topological polar surface area (TPSA) is 89.8 Å². The second kappa shape index (κ2) is 41.1. The van der Waals surface area contributed by atoms with E-state index in [0.29, 0.717) is 12.8 Å². The van der Waals surface area contributed by atoms with Gasteiger partial charge >= 0.3 is 0 Å². The van der Waals surface area contributed by atoms with Crippen LogP contribution in [-0.4, -0.2) is 46.1 Å². The minimum Gasteiger partial charge on any atom is -0.394 e. The molecule has 0 radical (unpaired) electrons. The van der Waals surface area contributed by atoms with Crippen molar-refractivity contribution < 1.29 is 20.1 Å². The number of carbonyl (C=O) groups excluding carboxylic acids is 1. The molecule has 4 N–H and O–H groups in total. The van der Waals surface area contributed by atoms with Gasteiger partial charge < -0.3 is 20.6 Å². The van der Waals surface area contributed by atoms with Crippen LogP contribution in [0.4, 0.5) is 0 Å². The first-order chi connectivity index (χ1) is 24.6. The van der Waals surface area contributed by atoms with E-state index in [0.717, 1.165) is 32.1 Å². The Balaban J connectivity index is 3.57. The summed E-state index contributed by atoms with van der Waals surface area (Å²) in [7, 11) is 0. The average Bonchev–Trinajstić information content (AvgIpc) is 3.12. The highest BCUT2D eigenvalue weighted by Gasteiger charge is 2.26. The number of aliphatic hydroxyl groups excluding tert-OH is 3. The first kappa shape index (κ1) is 49.4. The summed E-state index contributed by atoms with van der Waals surface area (Å²) in [5.74, 6) is -0.139. The van der Waals surface area contributed by atoms with Crippen molar-refractivity contribution in [1.29, 1.82) is 0 Å². The van der Waals surface area contributed by atoms with Gasteiger partial charge in [0, 0.05) is 6.42 Å². The molecule has 0 spiro atoms. The summed E-state index contributed by atoms with van der Waals surface area (Å²) in [6.45, 7) is 4.20. The van der Waals surface area contributed by atoms with Crippen molar-refractivity contribution in [2.45, 2.75) is 276 Å². The fraction of sp³-hybridized carbons (Fsp3) is 0.978. The van der Waals surface area contributed by atoms with E-state index < -0.39 is 18.2 Å². The Bertz CT molecular complexity index is 659. The third-order valence-electron chi connectivity index (χ3n) is 11.0. The van der Waals surface area contributed by atoms with Gasteiger partial charge in [0.1, 0.15) is 6.10 Å². The van der Waals surface area contributed by atoms with Gasteiger partial charge in [-0.25, -0.2) is 0 Å². The first-order valence-corrected chi connectivity index (χ1v) is 22.8. The van der Waals surface area contributed by atoms with E-state index in [2.05, 4.69) is 19.2 Å². The van der Waals surface area contributed by atoms with Gasteiger partial charge in [-0.05, 0) is 12.8 Å². The SMILES string of the molecule is CCCCCCCCCCCCCCCCCCCCCC(O)C(O)C(CO)NC(=O)CCCCCCCCCCCCCCCCCCC. The van der Waals surface area contributed by atoms with Crippen molar-refractivity contribution in [1.82, 2.24) is 5.32 Å². The maximum atomic E-state index is 12.4. The Morgan fingerprint density at radius 2 is 0.680 bits per heavy atom. The van der Waals surface area contributed by atoms with Gasteiger partial charge in [-0.3, -0.25) is 4.79 Å². The van der Waals surface area contributed by atoms with Gasteiger partial charge in [0.25, 0.3) is 0 Å². The van der Waals surface area contributed by atoms with Gasteiger partial charge in [-0.2, -0.15) is 0 Å². The van der Waals surface area contributed by atoms with Crippen LogP contribution in [0.5, 0.6) is 0 Å². The zero-order valence-electron chi connectivity index (χ0n) is 34.1. The van der Waals surface area contributed by atoms with Crippen LogP contribution in [0.3, 0.4) is 0 Å². The van der Waals surface area contributed by atoms with Crippen LogP contribution in [0, 0.1) is 0 Å². The normalized spacial score (nSPS) is 13.5. The molecule has 0 aromatic rings. The maximum absolute atomic E-state index is 12.4. The average molecular weight is 710 g/mol. The standard InChI is InChI=1S/C45H91NO4/c1-3-5-7-9-11-13-15-17-19-21-22-24-25-27-29-31-33-35-37-39-43(48)45(50)42(41-47)46-44(49)40-38-36-34-32-30-28-26-23-20-18-16-14-12-10-8-6-4-2/h42-43,45,47-48,50H,3-41H2,1-2H3,(H,46,49). The molecule has 0 aliphatic rings. The molecule has 0 rings (SSSR count). The summed E-state index contributed by atoms with van der Waals surface area (Å²) in [5, 5.41) is 33.6. The van der Waals surface area contributed by atoms with Crippen molar-refractivity contribution in [3.63, 3.8) is 0 Å². The number of aliphatic hydroxyl groups is 3.